The molecule has 0 bridgehead atoms. The first-order chi connectivity index (χ1) is 7.13. The predicted octanol–water partition coefficient (Wildman–Crippen LogP) is 3.00. The zero-order valence-electron chi connectivity index (χ0n) is 9.65. The molecule has 0 aromatic heterocycles. The normalized spacial score (nSPS) is 13.8. The first-order valence-electron chi connectivity index (χ1n) is 5.27. The second-order valence-electron chi connectivity index (χ2n) is 3.82. The van der Waals surface area contributed by atoms with Crippen molar-refractivity contribution in [3.63, 3.8) is 0 Å². The summed E-state index contributed by atoms with van der Waals surface area (Å²) in [5.74, 6) is 0.664. The summed E-state index contributed by atoms with van der Waals surface area (Å²) < 4.78 is 18.2. The van der Waals surface area contributed by atoms with Gasteiger partial charge in [0.05, 0.1) is 0 Å². The molecule has 2 nitrogen and oxygen atoms in total. The van der Waals surface area contributed by atoms with Crippen LogP contribution in [0.3, 0.4) is 0 Å². The zero-order chi connectivity index (χ0) is 11.3. The SMILES string of the molecule is CCC(C)C(N)COc1cccc(F)c1.Cl. The van der Waals surface area contributed by atoms with E-state index in [0.29, 0.717) is 18.3 Å². The van der Waals surface area contributed by atoms with Gasteiger partial charge < -0.3 is 10.5 Å². The fourth-order valence-electron chi connectivity index (χ4n) is 1.22. The molecular formula is C12H19ClFNO. The van der Waals surface area contributed by atoms with Crippen LogP contribution in [0.1, 0.15) is 20.3 Å². The van der Waals surface area contributed by atoms with Gasteiger partial charge in [0.15, 0.2) is 0 Å². The van der Waals surface area contributed by atoms with E-state index in [9.17, 15) is 4.39 Å². The fourth-order valence-corrected chi connectivity index (χ4v) is 1.22. The third kappa shape index (κ3) is 4.81. The molecule has 0 amide bonds. The van der Waals surface area contributed by atoms with E-state index >= 15 is 0 Å². The molecule has 0 spiro atoms. The van der Waals surface area contributed by atoms with Crippen LogP contribution in [-0.2, 0) is 0 Å². The van der Waals surface area contributed by atoms with Crippen molar-refractivity contribution in [2.75, 3.05) is 6.61 Å². The highest BCUT2D eigenvalue weighted by molar-refractivity contribution is 5.85. The average molecular weight is 248 g/mol. The van der Waals surface area contributed by atoms with E-state index in [1.165, 1.54) is 12.1 Å². The van der Waals surface area contributed by atoms with Crippen LogP contribution in [0.15, 0.2) is 24.3 Å². The van der Waals surface area contributed by atoms with Crippen LogP contribution >= 0.6 is 12.4 Å². The number of ether oxygens (including phenoxy) is 1. The third-order valence-corrected chi connectivity index (χ3v) is 2.61. The molecule has 0 fully saturated rings. The largest absolute Gasteiger partial charge is 0.492 e. The Kier molecular flexibility index (Phi) is 7.10. The van der Waals surface area contributed by atoms with Gasteiger partial charge in [0.1, 0.15) is 18.2 Å². The molecule has 0 radical (unpaired) electrons. The standard InChI is InChI=1S/C12H18FNO.ClH/c1-3-9(2)12(14)8-15-11-6-4-5-10(13)7-11;/h4-7,9,12H,3,8,14H2,1-2H3;1H. The molecule has 0 heterocycles. The van der Waals surface area contributed by atoms with E-state index in [1.54, 1.807) is 12.1 Å². The van der Waals surface area contributed by atoms with Gasteiger partial charge >= 0.3 is 0 Å². The van der Waals surface area contributed by atoms with Gasteiger partial charge in [0, 0.05) is 12.1 Å². The minimum absolute atomic E-state index is 0. The quantitative estimate of drug-likeness (QED) is 0.868. The molecule has 0 aliphatic rings. The predicted molar refractivity (Wildman–Crippen MR) is 66.6 cm³/mol. The molecule has 1 rings (SSSR count). The highest BCUT2D eigenvalue weighted by Gasteiger charge is 2.11. The van der Waals surface area contributed by atoms with Crippen molar-refractivity contribution in [3.05, 3.63) is 30.1 Å². The first kappa shape index (κ1) is 15.2. The van der Waals surface area contributed by atoms with E-state index < -0.39 is 0 Å². The van der Waals surface area contributed by atoms with Gasteiger partial charge in [-0.05, 0) is 18.1 Å². The molecule has 2 unspecified atom stereocenters. The topological polar surface area (TPSA) is 35.2 Å². The Morgan fingerprint density at radius 2 is 2.12 bits per heavy atom. The molecule has 0 aliphatic carbocycles. The number of benzene rings is 1. The van der Waals surface area contributed by atoms with Crippen molar-refractivity contribution < 1.29 is 9.13 Å². The fraction of sp³-hybridized carbons (Fsp3) is 0.500. The van der Waals surface area contributed by atoms with Crippen molar-refractivity contribution in [2.24, 2.45) is 11.7 Å². The van der Waals surface area contributed by atoms with Crippen molar-refractivity contribution >= 4 is 12.4 Å². The second kappa shape index (κ2) is 7.47. The summed E-state index contributed by atoms with van der Waals surface area (Å²) in [7, 11) is 0. The number of rotatable bonds is 5. The van der Waals surface area contributed by atoms with E-state index in [1.807, 2.05) is 0 Å². The Morgan fingerprint density at radius 3 is 2.69 bits per heavy atom. The van der Waals surface area contributed by atoms with Gasteiger partial charge in [-0.2, -0.15) is 0 Å². The lowest BCUT2D eigenvalue weighted by atomic mass is 10.0. The van der Waals surface area contributed by atoms with E-state index in [4.69, 9.17) is 10.5 Å². The Balaban J connectivity index is 0.00000225. The minimum atomic E-state index is -0.287. The average Bonchev–Trinajstić information content (AvgIpc) is 2.25. The van der Waals surface area contributed by atoms with Gasteiger partial charge in [0.25, 0.3) is 0 Å². The molecule has 0 aliphatic heterocycles. The van der Waals surface area contributed by atoms with Crippen molar-refractivity contribution in [1.29, 1.82) is 0 Å². The second-order valence-corrected chi connectivity index (χ2v) is 3.82. The molecule has 2 N–H and O–H groups in total. The van der Waals surface area contributed by atoms with Crippen LogP contribution in [0.5, 0.6) is 5.75 Å². The number of hydrogen-bond acceptors (Lipinski definition) is 2. The Bertz CT molecular complexity index is 309. The summed E-state index contributed by atoms with van der Waals surface area (Å²) in [6.45, 7) is 4.60. The van der Waals surface area contributed by atoms with Crippen molar-refractivity contribution in [3.8, 4) is 5.75 Å². The van der Waals surface area contributed by atoms with Crippen molar-refractivity contribution in [1.82, 2.24) is 0 Å². The number of hydrogen-bond donors (Lipinski definition) is 1. The van der Waals surface area contributed by atoms with Gasteiger partial charge in [-0.15, -0.1) is 12.4 Å². The number of halogens is 2. The maximum absolute atomic E-state index is 12.8. The van der Waals surface area contributed by atoms with E-state index in [0.717, 1.165) is 6.42 Å². The van der Waals surface area contributed by atoms with Crippen LogP contribution < -0.4 is 10.5 Å². The molecule has 2 atom stereocenters. The summed E-state index contributed by atoms with van der Waals surface area (Å²) in [6.07, 6.45) is 1.02. The highest BCUT2D eigenvalue weighted by atomic mass is 35.5. The molecule has 0 saturated carbocycles. The summed E-state index contributed by atoms with van der Waals surface area (Å²) in [5.41, 5.74) is 5.89. The van der Waals surface area contributed by atoms with Crippen LogP contribution in [0.25, 0.3) is 0 Å². The van der Waals surface area contributed by atoms with Gasteiger partial charge in [-0.1, -0.05) is 26.3 Å². The molecule has 4 heteroatoms. The van der Waals surface area contributed by atoms with E-state index in [-0.39, 0.29) is 24.3 Å². The Hall–Kier alpha value is -0.800. The van der Waals surface area contributed by atoms with Crippen LogP contribution in [-0.4, -0.2) is 12.6 Å². The summed E-state index contributed by atoms with van der Waals surface area (Å²) in [6, 6.07) is 6.11. The molecule has 92 valence electrons. The van der Waals surface area contributed by atoms with Gasteiger partial charge in [-0.3, -0.25) is 0 Å². The minimum Gasteiger partial charge on any atom is -0.492 e. The van der Waals surface area contributed by atoms with Gasteiger partial charge in [0.2, 0.25) is 0 Å². The lowest BCUT2D eigenvalue weighted by Crippen LogP contribution is -2.34. The maximum Gasteiger partial charge on any atom is 0.126 e. The monoisotopic (exact) mass is 247 g/mol. The van der Waals surface area contributed by atoms with Crippen LogP contribution in [0.4, 0.5) is 4.39 Å². The molecule has 0 saturated heterocycles. The van der Waals surface area contributed by atoms with Gasteiger partial charge in [-0.25, -0.2) is 4.39 Å². The smallest absolute Gasteiger partial charge is 0.126 e. The summed E-state index contributed by atoms with van der Waals surface area (Å²) >= 11 is 0. The lowest BCUT2D eigenvalue weighted by molar-refractivity contribution is 0.249. The summed E-state index contributed by atoms with van der Waals surface area (Å²) in [4.78, 5) is 0. The molecular weight excluding hydrogens is 229 g/mol. The zero-order valence-corrected chi connectivity index (χ0v) is 10.5. The molecule has 1 aromatic rings. The first-order valence-corrected chi connectivity index (χ1v) is 5.27. The Morgan fingerprint density at radius 1 is 1.44 bits per heavy atom. The maximum atomic E-state index is 12.8. The molecule has 1 aromatic carbocycles. The van der Waals surface area contributed by atoms with Crippen molar-refractivity contribution in [2.45, 2.75) is 26.3 Å². The third-order valence-electron chi connectivity index (χ3n) is 2.61. The highest BCUT2D eigenvalue weighted by Crippen LogP contribution is 2.13. The lowest BCUT2D eigenvalue weighted by Gasteiger charge is -2.18. The molecule has 16 heavy (non-hydrogen) atoms. The van der Waals surface area contributed by atoms with Crippen LogP contribution in [0.2, 0.25) is 0 Å². The Labute approximate surface area is 102 Å². The summed E-state index contributed by atoms with van der Waals surface area (Å²) in [5, 5.41) is 0. The number of nitrogens with two attached hydrogens (primary N) is 1. The van der Waals surface area contributed by atoms with Crippen LogP contribution in [0, 0.1) is 11.7 Å². The van der Waals surface area contributed by atoms with E-state index in [2.05, 4.69) is 13.8 Å².